The van der Waals surface area contributed by atoms with E-state index in [2.05, 4.69) is 46.8 Å². The molecule has 0 bridgehead atoms. The predicted molar refractivity (Wildman–Crippen MR) is 134 cm³/mol. The Balaban J connectivity index is 0.00000450. The highest BCUT2D eigenvalue weighted by atomic mass is 127. The number of anilines is 1. The Labute approximate surface area is 196 Å². The van der Waals surface area contributed by atoms with Gasteiger partial charge in [-0.05, 0) is 50.8 Å². The van der Waals surface area contributed by atoms with Gasteiger partial charge in [0.1, 0.15) is 5.75 Å². The standard InChI is InChI=1S/C22H32N4O3.HI/c1-7-29-20-12-11-17(14-21(20)28-6)25-22(23-2)24-15-19(26(3)4)16-9-8-10-18(13-16)27-5;/h8-14,19H,7,15H2,1-6H3,(H2,23,24,25);1H. The molecule has 0 aliphatic heterocycles. The monoisotopic (exact) mass is 528 g/mol. The van der Waals surface area contributed by atoms with Gasteiger partial charge >= 0.3 is 0 Å². The molecule has 1 unspecified atom stereocenters. The first kappa shape index (κ1) is 25.8. The minimum absolute atomic E-state index is 0. The molecule has 0 aromatic heterocycles. The largest absolute Gasteiger partial charge is 0.497 e. The van der Waals surface area contributed by atoms with Crippen molar-refractivity contribution in [1.29, 1.82) is 0 Å². The highest BCUT2D eigenvalue weighted by molar-refractivity contribution is 14.0. The van der Waals surface area contributed by atoms with Crippen molar-refractivity contribution in [2.75, 3.05) is 53.8 Å². The highest BCUT2D eigenvalue weighted by Crippen LogP contribution is 2.30. The normalized spacial score (nSPS) is 12.0. The van der Waals surface area contributed by atoms with Crippen molar-refractivity contribution in [2.24, 2.45) is 4.99 Å². The van der Waals surface area contributed by atoms with Gasteiger partial charge in [-0.15, -0.1) is 24.0 Å². The number of benzene rings is 2. The number of nitrogens with one attached hydrogen (secondary N) is 2. The molecule has 0 fully saturated rings. The molecule has 0 aliphatic carbocycles. The van der Waals surface area contributed by atoms with Crippen LogP contribution in [0.3, 0.4) is 0 Å². The van der Waals surface area contributed by atoms with E-state index in [4.69, 9.17) is 14.2 Å². The fraction of sp³-hybridized carbons (Fsp3) is 0.409. The van der Waals surface area contributed by atoms with Gasteiger partial charge in [-0.3, -0.25) is 4.99 Å². The number of nitrogens with zero attached hydrogens (tertiary/aromatic N) is 2. The number of hydrogen-bond acceptors (Lipinski definition) is 5. The zero-order valence-corrected chi connectivity index (χ0v) is 20.9. The van der Waals surface area contributed by atoms with Crippen LogP contribution in [0, 0.1) is 0 Å². The van der Waals surface area contributed by atoms with Gasteiger partial charge in [0.05, 0.1) is 26.9 Å². The summed E-state index contributed by atoms with van der Waals surface area (Å²) < 4.78 is 16.4. The fourth-order valence-corrected chi connectivity index (χ4v) is 2.98. The van der Waals surface area contributed by atoms with E-state index in [1.807, 2.05) is 37.3 Å². The van der Waals surface area contributed by atoms with Crippen molar-refractivity contribution in [3.8, 4) is 17.2 Å². The van der Waals surface area contributed by atoms with Crippen LogP contribution in [0.1, 0.15) is 18.5 Å². The van der Waals surface area contributed by atoms with Crippen LogP contribution in [0.4, 0.5) is 5.69 Å². The molecule has 8 heteroatoms. The summed E-state index contributed by atoms with van der Waals surface area (Å²) in [5.41, 5.74) is 2.03. The maximum atomic E-state index is 5.57. The van der Waals surface area contributed by atoms with Crippen molar-refractivity contribution >= 4 is 35.6 Å². The van der Waals surface area contributed by atoms with E-state index in [0.29, 0.717) is 30.6 Å². The molecular weight excluding hydrogens is 495 g/mol. The third kappa shape index (κ3) is 7.24. The molecule has 0 saturated heterocycles. The predicted octanol–water partition coefficient (Wildman–Crippen LogP) is 4.01. The average molecular weight is 528 g/mol. The van der Waals surface area contributed by atoms with E-state index < -0.39 is 0 Å². The molecular formula is C22H33IN4O3. The molecule has 7 nitrogen and oxygen atoms in total. The molecule has 166 valence electrons. The number of guanidine groups is 1. The smallest absolute Gasteiger partial charge is 0.195 e. The van der Waals surface area contributed by atoms with Gasteiger partial charge < -0.3 is 29.7 Å². The van der Waals surface area contributed by atoms with Crippen LogP contribution in [0.5, 0.6) is 17.2 Å². The second-order valence-corrected chi connectivity index (χ2v) is 6.63. The van der Waals surface area contributed by atoms with Crippen molar-refractivity contribution < 1.29 is 14.2 Å². The molecule has 1 atom stereocenters. The number of rotatable bonds is 9. The van der Waals surface area contributed by atoms with Gasteiger partial charge in [-0.1, -0.05) is 12.1 Å². The highest BCUT2D eigenvalue weighted by Gasteiger charge is 2.16. The Kier molecular flexibility index (Phi) is 11.3. The van der Waals surface area contributed by atoms with Crippen LogP contribution in [0.15, 0.2) is 47.5 Å². The minimum Gasteiger partial charge on any atom is -0.497 e. The maximum Gasteiger partial charge on any atom is 0.195 e. The van der Waals surface area contributed by atoms with Crippen LogP contribution in [-0.4, -0.2) is 59.4 Å². The van der Waals surface area contributed by atoms with Gasteiger partial charge in [-0.25, -0.2) is 0 Å². The number of halogens is 1. The molecule has 2 rings (SSSR count). The summed E-state index contributed by atoms with van der Waals surface area (Å²) in [6, 6.07) is 14.0. The Morgan fingerprint density at radius 2 is 1.83 bits per heavy atom. The molecule has 2 aromatic carbocycles. The van der Waals surface area contributed by atoms with E-state index >= 15 is 0 Å². The molecule has 0 spiro atoms. The summed E-state index contributed by atoms with van der Waals surface area (Å²) in [7, 11) is 9.17. The van der Waals surface area contributed by atoms with Crippen LogP contribution < -0.4 is 24.8 Å². The molecule has 0 heterocycles. The van der Waals surface area contributed by atoms with Crippen molar-refractivity contribution in [3.05, 3.63) is 48.0 Å². The molecule has 0 saturated carbocycles. The molecule has 0 aliphatic rings. The van der Waals surface area contributed by atoms with Gasteiger partial charge in [0.2, 0.25) is 0 Å². The maximum absolute atomic E-state index is 5.57. The summed E-state index contributed by atoms with van der Waals surface area (Å²) in [5.74, 6) is 2.91. The summed E-state index contributed by atoms with van der Waals surface area (Å²) in [6.45, 7) is 3.21. The van der Waals surface area contributed by atoms with Crippen molar-refractivity contribution in [1.82, 2.24) is 10.2 Å². The third-order valence-electron chi connectivity index (χ3n) is 4.51. The fourth-order valence-electron chi connectivity index (χ4n) is 2.98. The number of hydrogen-bond donors (Lipinski definition) is 2. The van der Waals surface area contributed by atoms with E-state index in [9.17, 15) is 0 Å². The zero-order valence-electron chi connectivity index (χ0n) is 18.6. The Morgan fingerprint density at radius 3 is 2.43 bits per heavy atom. The molecule has 30 heavy (non-hydrogen) atoms. The van der Waals surface area contributed by atoms with Gasteiger partial charge in [0.15, 0.2) is 17.5 Å². The third-order valence-corrected chi connectivity index (χ3v) is 4.51. The quantitative estimate of drug-likeness (QED) is 0.291. The van der Waals surface area contributed by atoms with Crippen molar-refractivity contribution in [3.63, 3.8) is 0 Å². The number of likely N-dealkylation sites (N-methyl/N-ethyl adjacent to an activating group) is 1. The first-order valence-corrected chi connectivity index (χ1v) is 9.61. The Morgan fingerprint density at radius 1 is 1.07 bits per heavy atom. The average Bonchev–Trinajstić information content (AvgIpc) is 2.74. The van der Waals surface area contributed by atoms with Crippen LogP contribution >= 0.6 is 24.0 Å². The van der Waals surface area contributed by atoms with E-state index in [-0.39, 0.29) is 30.0 Å². The van der Waals surface area contributed by atoms with Crippen LogP contribution in [-0.2, 0) is 0 Å². The topological polar surface area (TPSA) is 67.3 Å². The Hall–Kier alpha value is -2.20. The van der Waals surface area contributed by atoms with Gasteiger partial charge in [-0.2, -0.15) is 0 Å². The molecule has 0 radical (unpaired) electrons. The second kappa shape index (κ2) is 13.2. The van der Waals surface area contributed by atoms with E-state index in [1.54, 1.807) is 21.3 Å². The number of ether oxygens (including phenoxy) is 3. The molecule has 2 aromatic rings. The van der Waals surface area contributed by atoms with Gasteiger partial charge in [0.25, 0.3) is 0 Å². The number of aliphatic imine (C=N–C) groups is 1. The lowest BCUT2D eigenvalue weighted by Gasteiger charge is -2.26. The first-order valence-electron chi connectivity index (χ1n) is 9.61. The summed E-state index contributed by atoms with van der Waals surface area (Å²) in [5, 5.41) is 6.70. The van der Waals surface area contributed by atoms with E-state index in [0.717, 1.165) is 11.4 Å². The second-order valence-electron chi connectivity index (χ2n) is 6.63. The molecule has 2 N–H and O–H groups in total. The first-order chi connectivity index (χ1) is 14.0. The van der Waals surface area contributed by atoms with Gasteiger partial charge in [0, 0.05) is 25.3 Å². The Bertz CT molecular complexity index is 815. The van der Waals surface area contributed by atoms with Crippen LogP contribution in [0.25, 0.3) is 0 Å². The summed E-state index contributed by atoms with van der Waals surface area (Å²) in [4.78, 5) is 6.50. The molecule has 0 amide bonds. The lowest BCUT2D eigenvalue weighted by atomic mass is 10.1. The van der Waals surface area contributed by atoms with Crippen LogP contribution in [0.2, 0.25) is 0 Å². The number of methoxy groups -OCH3 is 2. The van der Waals surface area contributed by atoms with Crippen molar-refractivity contribution in [2.45, 2.75) is 13.0 Å². The summed E-state index contributed by atoms with van der Waals surface area (Å²) >= 11 is 0. The lowest BCUT2D eigenvalue weighted by Crippen LogP contribution is -2.38. The zero-order chi connectivity index (χ0) is 21.2. The lowest BCUT2D eigenvalue weighted by molar-refractivity contribution is 0.297. The SMILES string of the molecule is CCOc1ccc(NC(=NC)NCC(c2cccc(OC)c2)N(C)C)cc1OC.I. The minimum atomic E-state index is 0. The van der Waals surface area contributed by atoms with E-state index in [1.165, 1.54) is 5.56 Å². The summed E-state index contributed by atoms with van der Waals surface area (Å²) in [6.07, 6.45) is 0.